The SMILES string of the molecule is Cc1cc2c(C#N)c(C3=CC=CCN3[C@@H](C)C(F)(F)F)n(C3CCC3)c2cc1Cl. The molecular formula is C22H21ClF3N3. The third-order valence-electron chi connectivity index (χ3n) is 6.02. The lowest BCUT2D eigenvalue weighted by atomic mass is 9.92. The number of aromatic nitrogens is 1. The molecule has 1 aliphatic carbocycles. The number of nitriles is 1. The second-order valence-electron chi connectivity index (χ2n) is 7.76. The first-order valence-electron chi connectivity index (χ1n) is 9.68. The first-order chi connectivity index (χ1) is 13.7. The molecule has 7 heteroatoms. The Bertz CT molecular complexity index is 1070. The van der Waals surface area contributed by atoms with E-state index in [1.807, 2.05) is 23.6 Å². The van der Waals surface area contributed by atoms with Gasteiger partial charge >= 0.3 is 6.18 Å². The van der Waals surface area contributed by atoms with E-state index >= 15 is 0 Å². The van der Waals surface area contributed by atoms with E-state index in [0.29, 0.717) is 22.0 Å². The number of rotatable bonds is 3. The van der Waals surface area contributed by atoms with Gasteiger partial charge in [-0.05, 0) is 56.9 Å². The minimum Gasteiger partial charge on any atom is -0.354 e. The van der Waals surface area contributed by atoms with E-state index < -0.39 is 12.2 Å². The Morgan fingerprint density at radius 1 is 1.28 bits per heavy atom. The van der Waals surface area contributed by atoms with Crippen molar-refractivity contribution in [2.75, 3.05) is 6.54 Å². The van der Waals surface area contributed by atoms with Crippen molar-refractivity contribution >= 4 is 28.2 Å². The number of hydrogen-bond donors (Lipinski definition) is 0. The second kappa shape index (κ2) is 7.14. The van der Waals surface area contributed by atoms with Gasteiger partial charge < -0.3 is 9.47 Å². The molecule has 29 heavy (non-hydrogen) atoms. The van der Waals surface area contributed by atoms with Gasteiger partial charge in [-0.15, -0.1) is 0 Å². The summed E-state index contributed by atoms with van der Waals surface area (Å²) in [5.41, 5.74) is 3.06. The molecule has 1 atom stereocenters. The molecule has 2 heterocycles. The lowest BCUT2D eigenvalue weighted by Crippen LogP contribution is -2.43. The molecule has 2 aromatic rings. The highest BCUT2D eigenvalue weighted by molar-refractivity contribution is 6.32. The molecule has 0 unspecified atom stereocenters. The summed E-state index contributed by atoms with van der Waals surface area (Å²) in [4.78, 5) is 1.33. The predicted octanol–water partition coefficient (Wildman–Crippen LogP) is 6.36. The Balaban J connectivity index is 2.00. The summed E-state index contributed by atoms with van der Waals surface area (Å²) in [6.07, 6.45) is 3.71. The zero-order chi connectivity index (χ0) is 20.9. The monoisotopic (exact) mass is 419 g/mol. The average molecular weight is 420 g/mol. The van der Waals surface area contributed by atoms with Crippen molar-refractivity contribution in [1.29, 1.82) is 5.26 Å². The highest BCUT2D eigenvalue weighted by Gasteiger charge is 2.42. The maximum Gasteiger partial charge on any atom is 0.408 e. The molecule has 0 amide bonds. The summed E-state index contributed by atoms with van der Waals surface area (Å²) < 4.78 is 42.8. The fraction of sp³-hybridized carbons (Fsp3) is 0.409. The number of nitrogens with zero attached hydrogens (tertiary/aromatic N) is 3. The van der Waals surface area contributed by atoms with Crippen molar-refractivity contribution in [2.45, 2.75) is 51.4 Å². The zero-order valence-electron chi connectivity index (χ0n) is 16.2. The molecule has 4 rings (SSSR count). The molecule has 152 valence electrons. The molecule has 1 saturated carbocycles. The fourth-order valence-electron chi connectivity index (χ4n) is 4.11. The molecule has 0 bridgehead atoms. The average Bonchev–Trinajstić information content (AvgIpc) is 2.92. The van der Waals surface area contributed by atoms with Crippen molar-refractivity contribution in [3.8, 4) is 6.07 Å². The van der Waals surface area contributed by atoms with Gasteiger partial charge in [0.25, 0.3) is 0 Å². The first kappa shape index (κ1) is 19.9. The van der Waals surface area contributed by atoms with Crippen molar-refractivity contribution in [3.63, 3.8) is 0 Å². The summed E-state index contributed by atoms with van der Waals surface area (Å²) in [5, 5.41) is 11.3. The maximum absolute atomic E-state index is 13.6. The van der Waals surface area contributed by atoms with Gasteiger partial charge in [0.1, 0.15) is 12.1 Å². The standard InChI is InChI=1S/C22H21ClF3N3/c1-13-10-16-17(12-27)21(29(15-6-5-7-15)20(16)11-18(13)23)19-8-3-4-9-28(19)14(2)22(24,25)26/h3-4,8,10-11,14-15H,5-7,9H2,1-2H3/t14-/m0/s1. The zero-order valence-corrected chi connectivity index (χ0v) is 17.0. The number of halogens is 4. The molecule has 1 fully saturated rings. The first-order valence-corrected chi connectivity index (χ1v) is 10.1. The number of benzene rings is 1. The van der Waals surface area contributed by atoms with Gasteiger partial charge in [-0.3, -0.25) is 0 Å². The van der Waals surface area contributed by atoms with Gasteiger partial charge in [0.2, 0.25) is 0 Å². The van der Waals surface area contributed by atoms with Crippen molar-refractivity contribution in [2.24, 2.45) is 0 Å². The Hall–Kier alpha value is -2.39. The van der Waals surface area contributed by atoms with Gasteiger partial charge in [0.15, 0.2) is 0 Å². The van der Waals surface area contributed by atoms with Gasteiger partial charge in [-0.25, -0.2) is 0 Å². The Labute approximate surface area is 172 Å². The predicted molar refractivity (Wildman–Crippen MR) is 109 cm³/mol. The maximum atomic E-state index is 13.6. The highest BCUT2D eigenvalue weighted by Crippen LogP contribution is 2.44. The molecule has 0 radical (unpaired) electrons. The minimum atomic E-state index is -4.37. The molecule has 0 saturated heterocycles. The van der Waals surface area contributed by atoms with Crippen LogP contribution in [0.15, 0.2) is 30.4 Å². The quantitative estimate of drug-likeness (QED) is 0.579. The van der Waals surface area contributed by atoms with Crippen LogP contribution in [0.25, 0.3) is 16.6 Å². The molecule has 1 aromatic heterocycles. The second-order valence-corrected chi connectivity index (χ2v) is 8.17. The topological polar surface area (TPSA) is 32.0 Å². The van der Waals surface area contributed by atoms with Crippen LogP contribution in [0.5, 0.6) is 0 Å². The van der Waals surface area contributed by atoms with Crippen molar-refractivity contribution < 1.29 is 13.2 Å². The summed E-state index contributed by atoms with van der Waals surface area (Å²) >= 11 is 6.37. The molecule has 0 spiro atoms. The van der Waals surface area contributed by atoms with E-state index in [9.17, 15) is 18.4 Å². The van der Waals surface area contributed by atoms with Crippen LogP contribution in [0.3, 0.4) is 0 Å². The highest BCUT2D eigenvalue weighted by atomic mass is 35.5. The van der Waals surface area contributed by atoms with Gasteiger partial charge in [0.05, 0.1) is 22.5 Å². The van der Waals surface area contributed by atoms with E-state index in [1.165, 1.54) is 4.90 Å². The van der Waals surface area contributed by atoms with Crippen LogP contribution in [-0.4, -0.2) is 28.2 Å². The number of hydrogen-bond acceptors (Lipinski definition) is 2. The summed E-state index contributed by atoms with van der Waals surface area (Å²) in [6, 6.07) is 4.47. The van der Waals surface area contributed by atoms with Crippen LogP contribution in [0.4, 0.5) is 13.2 Å². The van der Waals surface area contributed by atoms with Crippen LogP contribution in [0, 0.1) is 18.3 Å². The molecule has 1 aromatic carbocycles. The van der Waals surface area contributed by atoms with Crippen molar-refractivity contribution in [3.05, 3.63) is 52.2 Å². The number of aryl methyl sites for hydroxylation is 1. The van der Waals surface area contributed by atoms with Crippen molar-refractivity contribution in [1.82, 2.24) is 9.47 Å². The van der Waals surface area contributed by atoms with E-state index in [2.05, 4.69) is 6.07 Å². The fourth-order valence-corrected chi connectivity index (χ4v) is 4.27. The van der Waals surface area contributed by atoms with E-state index in [4.69, 9.17) is 11.6 Å². The number of fused-ring (bicyclic) bond motifs is 1. The molecule has 1 aliphatic heterocycles. The molecular weight excluding hydrogens is 399 g/mol. The molecule has 3 nitrogen and oxygen atoms in total. The van der Waals surface area contributed by atoms with Gasteiger partial charge in [-0.2, -0.15) is 18.4 Å². The summed E-state index contributed by atoms with van der Waals surface area (Å²) in [5.74, 6) is 0. The van der Waals surface area contributed by atoms with E-state index in [-0.39, 0.29) is 12.6 Å². The Kier molecular flexibility index (Phi) is 4.90. The lowest BCUT2D eigenvalue weighted by Gasteiger charge is -2.37. The Morgan fingerprint density at radius 3 is 2.59 bits per heavy atom. The van der Waals surface area contributed by atoms with Crippen LogP contribution in [0.1, 0.15) is 49.0 Å². The number of allylic oxidation sites excluding steroid dienone is 2. The van der Waals surface area contributed by atoms with Gasteiger partial charge in [0, 0.05) is 23.0 Å². The third-order valence-corrected chi connectivity index (χ3v) is 6.43. The minimum absolute atomic E-state index is 0.142. The Morgan fingerprint density at radius 2 is 2.00 bits per heavy atom. The molecule has 0 N–H and O–H groups in total. The summed E-state index contributed by atoms with van der Waals surface area (Å²) in [6.45, 7) is 3.17. The van der Waals surface area contributed by atoms with Crippen LogP contribution in [0.2, 0.25) is 5.02 Å². The number of alkyl halides is 3. The van der Waals surface area contributed by atoms with E-state index in [1.54, 1.807) is 18.2 Å². The molecule has 2 aliphatic rings. The van der Waals surface area contributed by atoms with Crippen LogP contribution in [-0.2, 0) is 0 Å². The van der Waals surface area contributed by atoms with Crippen LogP contribution >= 0.6 is 11.6 Å². The largest absolute Gasteiger partial charge is 0.408 e. The van der Waals surface area contributed by atoms with Gasteiger partial charge in [-0.1, -0.05) is 23.8 Å². The van der Waals surface area contributed by atoms with Crippen LogP contribution < -0.4 is 0 Å². The van der Waals surface area contributed by atoms with E-state index in [0.717, 1.165) is 42.7 Å². The smallest absolute Gasteiger partial charge is 0.354 e. The third kappa shape index (κ3) is 3.22. The summed E-state index contributed by atoms with van der Waals surface area (Å²) in [7, 11) is 0. The lowest BCUT2D eigenvalue weighted by molar-refractivity contribution is -0.169. The normalized spacial score (nSPS) is 18.5.